The van der Waals surface area contributed by atoms with E-state index in [1.807, 2.05) is 37.3 Å². The van der Waals surface area contributed by atoms with E-state index in [0.29, 0.717) is 5.69 Å². The minimum Gasteiger partial charge on any atom is -0.367 e. The van der Waals surface area contributed by atoms with Crippen LogP contribution in [-0.4, -0.2) is 39.6 Å². The van der Waals surface area contributed by atoms with Gasteiger partial charge in [0.15, 0.2) is 0 Å². The summed E-state index contributed by atoms with van der Waals surface area (Å²) in [7, 11) is -3.75. The number of aryl methyl sites for hydroxylation is 1. The van der Waals surface area contributed by atoms with Crippen LogP contribution in [0.2, 0.25) is 0 Å². The van der Waals surface area contributed by atoms with Crippen LogP contribution in [0.5, 0.6) is 0 Å². The van der Waals surface area contributed by atoms with Gasteiger partial charge in [0.2, 0.25) is 10.0 Å². The van der Waals surface area contributed by atoms with Crippen LogP contribution in [0.3, 0.4) is 0 Å². The molecule has 4 rings (SSSR count). The molecule has 1 aliphatic rings. The standard InChI is InChI=1S/C20H22N4O2S/c1-15-14-19(16-6-2-3-7-17(16)22-15)24-12-10-23(11-13-24)18-8-4-5-9-20(18)27(21,25)26/h2-9,14H,10-13H2,1H3,(H2,21,25,26). The molecular weight excluding hydrogens is 360 g/mol. The third-order valence-corrected chi connectivity index (χ3v) is 5.91. The van der Waals surface area contributed by atoms with Gasteiger partial charge in [-0.1, -0.05) is 30.3 Å². The molecule has 0 atom stereocenters. The van der Waals surface area contributed by atoms with E-state index >= 15 is 0 Å². The first kappa shape index (κ1) is 17.8. The van der Waals surface area contributed by atoms with Crippen LogP contribution in [0, 0.1) is 6.92 Å². The van der Waals surface area contributed by atoms with Gasteiger partial charge < -0.3 is 9.80 Å². The van der Waals surface area contributed by atoms with Crippen LogP contribution in [0.25, 0.3) is 10.9 Å². The van der Waals surface area contributed by atoms with E-state index in [9.17, 15) is 8.42 Å². The average Bonchev–Trinajstić information content (AvgIpc) is 2.67. The van der Waals surface area contributed by atoms with E-state index in [0.717, 1.165) is 42.8 Å². The van der Waals surface area contributed by atoms with Gasteiger partial charge in [-0.05, 0) is 31.2 Å². The van der Waals surface area contributed by atoms with Crippen LogP contribution in [0.1, 0.15) is 5.69 Å². The Hall–Kier alpha value is -2.64. The summed E-state index contributed by atoms with van der Waals surface area (Å²) in [4.78, 5) is 9.23. The van der Waals surface area contributed by atoms with E-state index < -0.39 is 10.0 Å². The van der Waals surface area contributed by atoms with Crippen molar-refractivity contribution in [3.05, 3.63) is 60.3 Å². The summed E-state index contributed by atoms with van der Waals surface area (Å²) in [6, 6.07) is 17.2. The van der Waals surface area contributed by atoms with Crippen LogP contribution in [0.4, 0.5) is 11.4 Å². The van der Waals surface area contributed by atoms with E-state index in [1.54, 1.807) is 12.1 Å². The second kappa shape index (κ2) is 6.83. The largest absolute Gasteiger partial charge is 0.367 e. The fourth-order valence-corrected chi connectivity index (χ4v) is 4.45. The highest BCUT2D eigenvalue weighted by atomic mass is 32.2. The lowest BCUT2D eigenvalue weighted by Crippen LogP contribution is -2.47. The number of hydrogen-bond donors (Lipinski definition) is 1. The molecule has 0 bridgehead atoms. The lowest BCUT2D eigenvalue weighted by atomic mass is 10.1. The summed E-state index contributed by atoms with van der Waals surface area (Å²) < 4.78 is 23.8. The van der Waals surface area contributed by atoms with Gasteiger partial charge in [0.1, 0.15) is 4.90 Å². The second-order valence-electron chi connectivity index (χ2n) is 6.79. The fourth-order valence-electron chi connectivity index (χ4n) is 3.69. The molecule has 6 nitrogen and oxygen atoms in total. The van der Waals surface area contributed by atoms with Crippen molar-refractivity contribution in [2.24, 2.45) is 5.14 Å². The molecule has 140 valence electrons. The Morgan fingerprint density at radius 2 is 1.48 bits per heavy atom. The van der Waals surface area contributed by atoms with Gasteiger partial charge in [0.05, 0.1) is 11.2 Å². The zero-order valence-electron chi connectivity index (χ0n) is 15.2. The molecule has 1 aromatic heterocycles. The maximum Gasteiger partial charge on any atom is 0.240 e. The molecule has 2 aromatic carbocycles. The van der Waals surface area contributed by atoms with Crippen molar-refractivity contribution in [3.8, 4) is 0 Å². The van der Waals surface area contributed by atoms with Gasteiger partial charge >= 0.3 is 0 Å². The van der Waals surface area contributed by atoms with Crippen molar-refractivity contribution in [1.82, 2.24) is 4.98 Å². The summed E-state index contributed by atoms with van der Waals surface area (Å²) in [5.41, 5.74) is 3.84. The predicted molar refractivity (Wildman–Crippen MR) is 109 cm³/mol. The van der Waals surface area contributed by atoms with Gasteiger partial charge in [0, 0.05) is 42.9 Å². The first-order chi connectivity index (χ1) is 12.9. The van der Waals surface area contributed by atoms with Crippen molar-refractivity contribution in [2.45, 2.75) is 11.8 Å². The number of hydrogen-bond acceptors (Lipinski definition) is 5. The Morgan fingerprint density at radius 1 is 0.889 bits per heavy atom. The minimum atomic E-state index is -3.75. The molecule has 2 heterocycles. The molecule has 0 saturated carbocycles. The summed E-state index contributed by atoms with van der Waals surface area (Å²) in [6.07, 6.45) is 0. The molecule has 2 N–H and O–H groups in total. The zero-order chi connectivity index (χ0) is 19.0. The van der Waals surface area contributed by atoms with Crippen LogP contribution in [0.15, 0.2) is 59.5 Å². The number of sulfonamides is 1. The second-order valence-corrected chi connectivity index (χ2v) is 8.32. The summed E-state index contributed by atoms with van der Waals surface area (Å²) in [5.74, 6) is 0. The molecule has 0 radical (unpaired) electrons. The monoisotopic (exact) mass is 382 g/mol. The fraction of sp³-hybridized carbons (Fsp3) is 0.250. The molecular formula is C20H22N4O2S. The Kier molecular flexibility index (Phi) is 4.49. The smallest absolute Gasteiger partial charge is 0.240 e. The van der Waals surface area contributed by atoms with Gasteiger partial charge in [-0.25, -0.2) is 13.6 Å². The van der Waals surface area contributed by atoms with Crippen molar-refractivity contribution in [1.29, 1.82) is 0 Å². The number of primary sulfonamides is 1. The molecule has 3 aromatic rings. The molecule has 27 heavy (non-hydrogen) atoms. The lowest BCUT2D eigenvalue weighted by molar-refractivity contribution is 0.595. The lowest BCUT2D eigenvalue weighted by Gasteiger charge is -2.38. The number of benzene rings is 2. The Labute approximate surface area is 159 Å². The molecule has 7 heteroatoms. The van der Waals surface area contributed by atoms with Gasteiger partial charge in [-0.2, -0.15) is 0 Å². The Morgan fingerprint density at radius 3 is 2.19 bits per heavy atom. The van der Waals surface area contributed by atoms with E-state index in [2.05, 4.69) is 26.9 Å². The van der Waals surface area contributed by atoms with E-state index in [1.165, 1.54) is 5.69 Å². The molecule has 0 amide bonds. The third kappa shape index (κ3) is 3.48. The first-order valence-corrected chi connectivity index (χ1v) is 10.5. The average molecular weight is 382 g/mol. The number of nitrogens with two attached hydrogens (primary N) is 1. The van der Waals surface area contributed by atoms with Crippen molar-refractivity contribution >= 4 is 32.3 Å². The highest BCUT2D eigenvalue weighted by Gasteiger charge is 2.23. The number of anilines is 2. The maximum atomic E-state index is 11.9. The summed E-state index contributed by atoms with van der Waals surface area (Å²) in [5, 5.41) is 6.53. The number of aromatic nitrogens is 1. The predicted octanol–water partition coefficient (Wildman–Crippen LogP) is 2.52. The van der Waals surface area contributed by atoms with Crippen LogP contribution < -0.4 is 14.9 Å². The zero-order valence-corrected chi connectivity index (χ0v) is 16.0. The highest BCUT2D eigenvalue weighted by Crippen LogP contribution is 2.30. The van der Waals surface area contributed by atoms with Gasteiger partial charge in [-0.15, -0.1) is 0 Å². The molecule has 0 aliphatic carbocycles. The first-order valence-electron chi connectivity index (χ1n) is 8.91. The normalized spacial score (nSPS) is 15.3. The third-order valence-electron chi connectivity index (χ3n) is 4.96. The minimum absolute atomic E-state index is 0.184. The number of rotatable bonds is 3. The molecule has 1 fully saturated rings. The number of para-hydroxylation sites is 2. The Bertz CT molecular complexity index is 1090. The highest BCUT2D eigenvalue weighted by molar-refractivity contribution is 7.89. The molecule has 1 saturated heterocycles. The summed E-state index contributed by atoms with van der Waals surface area (Å²) >= 11 is 0. The van der Waals surface area contributed by atoms with Crippen LogP contribution >= 0.6 is 0 Å². The SMILES string of the molecule is Cc1cc(N2CCN(c3ccccc3S(N)(=O)=O)CC2)c2ccccc2n1. The number of pyridine rings is 1. The van der Waals surface area contributed by atoms with Crippen molar-refractivity contribution in [3.63, 3.8) is 0 Å². The number of fused-ring (bicyclic) bond motifs is 1. The van der Waals surface area contributed by atoms with Crippen LogP contribution in [-0.2, 0) is 10.0 Å². The molecule has 0 unspecified atom stereocenters. The van der Waals surface area contributed by atoms with Gasteiger partial charge in [-0.3, -0.25) is 4.98 Å². The molecule has 0 spiro atoms. The number of nitrogens with zero attached hydrogens (tertiary/aromatic N) is 3. The summed E-state index contributed by atoms with van der Waals surface area (Å²) in [6.45, 7) is 5.05. The quantitative estimate of drug-likeness (QED) is 0.753. The Balaban J connectivity index is 1.61. The number of piperazine rings is 1. The maximum absolute atomic E-state index is 11.9. The molecule has 1 aliphatic heterocycles. The van der Waals surface area contributed by atoms with Crippen molar-refractivity contribution < 1.29 is 8.42 Å². The van der Waals surface area contributed by atoms with E-state index in [4.69, 9.17) is 5.14 Å². The van der Waals surface area contributed by atoms with Crippen molar-refractivity contribution in [2.75, 3.05) is 36.0 Å². The topological polar surface area (TPSA) is 79.5 Å². The van der Waals surface area contributed by atoms with E-state index in [-0.39, 0.29) is 4.90 Å². The van der Waals surface area contributed by atoms with Gasteiger partial charge in [0.25, 0.3) is 0 Å².